The van der Waals surface area contributed by atoms with Crippen molar-refractivity contribution in [3.63, 3.8) is 0 Å². The van der Waals surface area contributed by atoms with E-state index in [1.54, 1.807) is 39.5 Å². The lowest BCUT2D eigenvalue weighted by Crippen LogP contribution is -2.35. The molecule has 1 amide bonds. The molecule has 0 bridgehead atoms. The third kappa shape index (κ3) is 7.84. The maximum Gasteiger partial charge on any atom is 0.441 e. The van der Waals surface area contributed by atoms with Crippen LogP contribution in [0.5, 0.6) is 0 Å². The molecule has 3 atom stereocenters. The Labute approximate surface area is 243 Å². The molecule has 0 radical (unpaired) electrons. The molecule has 3 aromatic carbocycles. The number of hydrogen-bond acceptors (Lipinski definition) is 6. The Morgan fingerprint density at radius 3 is 2.41 bits per heavy atom. The Hall–Kier alpha value is -2.87. The van der Waals surface area contributed by atoms with Crippen LogP contribution in [0.1, 0.15) is 62.1 Å². The fourth-order valence-corrected chi connectivity index (χ4v) is 6.38. The summed E-state index contributed by atoms with van der Waals surface area (Å²) < 4.78 is 5.11. The average Bonchev–Trinajstić information content (AvgIpc) is 2.87. The van der Waals surface area contributed by atoms with Crippen LogP contribution in [-0.4, -0.2) is 17.7 Å². The van der Waals surface area contributed by atoms with Gasteiger partial charge in [-0.25, -0.2) is 9.59 Å². The summed E-state index contributed by atoms with van der Waals surface area (Å²) in [5.41, 5.74) is 5.41. The molecule has 1 heterocycles. The van der Waals surface area contributed by atoms with Crippen molar-refractivity contribution in [1.82, 2.24) is 5.48 Å². The molecule has 6 nitrogen and oxygen atoms in total. The van der Waals surface area contributed by atoms with Crippen molar-refractivity contribution in [1.29, 1.82) is 0 Å². The molecule has 2 N–H and O–H groups in total. The summed E-state index contributed by atoms with van der Waals surface area (Å²) in [5, 5.41) is 5.02. The smallest absolute Gasteiger partial charge is 0.441 e. The van der Waals surface area contributed by atoms with Crippen molar-refractivity contribution in [2.45, 2.75) is 62.3 Å². The van der Waals surface area contributed by atoms with Gasteiger partial charge in [0.15, 0.2) is 0 Å². The van der Waals surface area contributed by atoms with Crippen LogP contribution in [0.2, 0.25) is 10.0 Å². The molecule has 1 aliphatic heterocycles. The molecule has 4 rings (SSSR count). The maximum absolute atomic E-state index is 12.5. The second-order valence-electron chi connectivity index (χ2n) is 10.5. The number of fused-ring (bicyclic) bond motifs is 1. The summed E-state index contributed by atoms with van der Waals surface area (Å²) >= 11 is 14.9. The van der Waals surface area contributed by atoms with Crippen molar-refractivity contribution < 1.29 is 19.2 Å². The number of thioether (sulfide) groups is 1. The third-order valence-electron chi connectivity index (χ3n) is 6.19. The van der Waals surface area contributed by atoms with Gasteiger partial charge in [0.05, 0.1) is 12.0 Å². The van der Waals surface area contributed by atoms with Crippen LogP contribution in [0.25, 0.3) is 0 Å². The van der Waals surface area contributed by atoms with Crippen molar-refractivity contribution >= 4 is 52.7 Å². The largest absolute Gasteiger partial charge is 0.442 e. The lowest BCUT2D eigenvalue weighted by molar-refractivity contribution is -0.154. The Bertz CT molecular complexity index is 1310. The number of halogens is 2. The molecule has 0 fully saturated rings. The first-order valence-electron chi connectivity index (χ1n) is 12.7. The number of hydroxylamine groups is 1. The van der Waals surface area contributed by atoms with Crippen LogP contribution in [0.3, 0.4) is 0 Å². The highest BCUT2D eigenvalue weighted by molar-refractivity contribution is 7.99. The van der Waals surface area contributed by atoms with Crippen molar-refractivity contribution in [3.05, 3.63) is 93.5 Å². The number of benzene rings is 3. The first-order chi connectivity index (χ1) is 18.5. The molecule has 206 valence electrons. The predicted molar refractivity (Wildman–Crippen MR) is 157 cm³/mol. The SMILES string of the molecule is C[C@H](Cc1ccc2c(c1)C(Sc1ccccc1)CC(c1c(Cl)cccc1Cl)N2)C(=O)ONC(=O)OC(C)(C)C. The number of carbonyl (C=O) groups is 2. The van der Waals surface area contributed by atoms with E-state index in [0.717, 1.165) is 33.7 Å². The van der Waals surface area contributed by atoms with Gasteiger partial charge in [-0.3, -0.25) is 0 Å². The number of ether oxygens (including phenoxy) is 1. The van der Waals surface area contributed by atoms with E-state index < -0.39 is 23.6 Å². The highest BCUT2D eigenvalue weighted by atomic mass is 35.5. The summed E-state index contributed by atoms with van der Waals surface area (Å²) in [6, 6.07) is 22.0. The van der Waals surface area contributed by atoms with Gasteiger partial charge in [0.1, 0.15) is 5.60 Å². The number of hydrogen-bond donors (Lipinski definition) is 2. The first-order valence-corrected chi connectivity index (χ1v) is 14.4. The van der Waals surface area contributed by atoms with Crippen molar-refractivity contribution in [2.24, 2.45) is 5.92 Å². The lowest BCUT2D eigenvalue weighted by Gasteiger charge is -2.34. The average molecular weight is 588 g/mol. The quantitative estimate of drug-likeness (QED) is 0.282. The van der Waals surface area contributed by atoms with Gasteiger partial charge in [-0.2, -0.15) is 0 Å². The molecule has 0 spiro atoms. The van der Waals surface area contributed by atoms with Crippen LogP contribution >= 0.6 is 35.0 Å². The molecular formula is C30H32Cl2N2O4S. The van der Waals surface area contributed by atoms with Gasteiger partial charge < -0.3 is 14.9 Å². The minimum absolute atomic E-state index is 0.0569. The van der Waals surface area contributed by atoms with Gasteiger partial charge in [0, 0.05) is 31.4 Å². The Morgan fingerprint density at radius 2 is 1.74 bits per heavy atom. The van der Waals surface area contributed by atoms with E-state index in [2.05, 4.69) is 29.0 Å². The highest BCUT2D eigenvalue weighted by Gasteiger charge is 2.31. The standard InChI is InChI=1S/C30H32Cl2N2O4S/c1-18(28(35)38-34-29(36)37-30(2,3)4)15-19-13-14-24-21(16-19)26(39-20-9-6-5-7-10-20)17-25(33-24)27-22(31)11-8-12-23(27)32/h5-14,16,18,25-26,33H,15,17H2,1-4H3,(H,34,36)/t18-,25?,26?/m1/s1. The molecule has 9 heteroatoms. The molecule has 0 aliphatic carbocycles. The van der Waals surface area contributed by atoms with E-state index in [4.69, 9.17) is 32.8 Å². The van der Waals surface area contributed by atoms with Crippen LogP contribution in [0.15, 0.2) is 71.6 Å². The second kappa shape index (κ2) is 12.5. The van der Waals surface area contributed by atoms with Gasteiger partial charge in [-0.05, 0) is 75.1 Å². The molecular weight excluding hydrogens is 555 g/mol. The molecule has 0 saturated heterocycles. The van der Waals surface area contributed by atoms with Gasteiger partial charge in [0.2, 0.25) is 0 Å². The van der Waals surface area contributed by atoms with Crippen LogP contribution in [0, 0.1) is 5.92 Å². The van der Waals surface area contributed by atoms with E-state index in [1.165, 1.54) is 0 Å². The summed E-state index contributed by atoms with van der Waals surface area (Å²) in [7, 11) is 0. The molecule has 1 aliphatic rings. The predicted octanol–water partition coefficient (Wildman–Crippen LogP) is 8.55. The number of nitrogens with one attached hydrogen (secondary N) is 2. The van der Waals surface area contributed by atoms with Crippen LogP contribution < -0.4 is 10.8 Å². The minimum atomic E-state index is -0.808. The zero-order valence-electron chi connectivity index (χ0n) is 22.3. The van der Waals surface area contributed by atoms with Crippen LogP contribution in [0.4, 0.5) is 10.5 Å². The highest BCUT2D eigenvalue weighted by Crippen LogP contribution is 2.50. The molecule has 39 heavy (non-hydrogen) atoms. The minimum Gasteiger partial charge on any atom is -0.442 e. The Morgan fingerprint density at radius 1 is 1.05 bits per heavy atom. The normalized spacial score (nSPS) is 17.4. The number of amides is 1. The molecule has 3 aromatic rings. The van der Waals surface area contributed by atoms with Gasteiger partial charge in [-0.1, -0.05) is 66.5 Å². The fraction of sp³-hybridized carbons (Fsp3) is 0.333. The fourth-order valence-electron chi connectivity index (χ4n) is 4.46. The van der Waals surface area contributed by atoms with E-state index >= 15 is 0 Å². The maximum atomic E-state index is 12.5. The monoisotopic (exact) mass is 586 g/mol. The number of carbonyl (C=O) groups excluding carboxylic acids is 2. The molecule has 2 unspecified atom stereocenters. The third-order valence-corrected chi connectivity index (χ3v) is 8.12. The summed E-state index contributed by atoms with van der Waals surface area (Å²) in [6.45, 7) is 6.96. The van der Waals surface area contributed by atoms with Crippen molar-refractivity contribution in [3.8, 4) is 0 Å². The summed E-state index contributed by atoms with van der Waals surface area (Å²) in [5.74, 6) is -1.02. The van der Waals surface area contributed by atoms with E-state index in [-0.39, 0.29) is 11.3 Å². The number of rotatable bonds is 6. The lowest BCUT2D eigenvalue weighted by atomic mass is 9.90. The Balaban J connectivity index is 1.53. The van der Waals surface area contributed by atoms with E-state index in [9.17, 15) is 9.59 Å². The number of anilines is 1. The van der Waals surface area contributed by atoms with Gasteiger partial charge in [-0.15, -0.1) is 17.2 Å². The van der Waals surface area contributed by atoms with Crippen LogP contribution in [-0.2, 0) is 20.8 Å². The van der Waals surface area contributed by atoms with E-state index in [0.29, 0.717) is 16.5 Å². The van der Waals surface area contributed by atoms with E-state index in [1.807, 2.05) is 48.5 Å². The summed E-state index contributed by atoms with van der Waals surface area (Å²) in [6.07, 6.45) is 0.415. The zero-order valence-corrected chi connectivity index (χ0v) is 24.6. The Kier molecular flexibility index (Phi) is 9.36. The zero-order chi connectivity index (χ0) is 28.2. The molecule has 0 saturated carbocycles. The summed E-state index contributed by atoms with van der Waals surface area (Å²) in [4.78, 5) is 30.5. The topological polar surface area (TPSA) is 76.7 Å². The van der Waals surface area contributed by atoms with Gasteiger partial charge >= 0.3 is 12.1 Å². The van der Waals surface area contributed by atoms with Gasteiger partial charge in [0.25, 0.3) is 0 Å². The first kappa shape index (κ1) is 29.1. The van der Waals surface area contributed by atoms with Crippen molar-refractivity contribution in [2.75, 3.05) is 5.32 Å². The molecule has 0 aromatic heterocycles. The second-order valence-corrected chi connectivity index (χ2v) is 12.6.